The van der Waals surface area contributed by atoms with E-state index in [0.29, 0.717) is 24.5 Å². The smallest absolute Gasteiger partial charge is 0.290 e. The molecule has 0 spiro atoms. The molecule has 0 aromatic carbocycles. The molecule has 1 amide bonds. The number of nitrogens with zero attached hydrogens (tertiary/aromatic N) is 4. The zero-order chi connectivity index (χ0) is 15.4. The lowest BCUT2D eigenvalue weighted by Gasteiger charge is -2.29. The Morgan fingerprint density at radius 2 is 2.19 bits per heavy atom. The van der Waals surface area contributed by atoms with Crippen molar-refractivity contribution < 1.29 is 9.72 Å². The number of carbonyl (C=O) groups is 1. The van der Waals surface area contributed by atoms with Gasteiger partial charge in [0, 0.05) is 38.8 Å². The number of carbonyl (C=O) groups excluding carboxylic acids is 1. The first-order valence-electron chi connectivity index (χ1n) is 6.79. The summed E-state index contributed by atoms with van der Waals surface area (Å²) in [5, 5.41) is 14.0. The second-order valence-electron chi connectivity index (χ2n) is 5.07. The second kappa shape index (κ2) is 6.49. The molecule has 8 heteroatoms. The van der Waals surface area contributed by atoms with Gasteiger partial charge in [0.05, 0.1) is 11.5 Å². The monoisotopic (exact) mass is 293 g/mol. The largest absolute Gasteiger partial charge is 0.350 e. The number of amides is 1. The van der Waals surface area contributed by atoms with Crippen molar-refractivity contribution in [1.29, 1.82) is 0 Å². The van der Waals surface area contributed by atoms with E-state index in [9.17, 15) is 14.9 Å². The van der Waals surface area contributed by atoms with Gasteiger partial charge < -0.3 is 15.1 Å². The molecule has 1 N–H and O–H groups in total. The highest BCUT2D eigenvalue weighted by Crippen LogP contribution is 2.20. The molecule has 0 saturated carbocycles. The number of anilines is 1. The van der Waals surface area contributed by atoms with Gasteiger partial charge in [-0.2, -0.15) is 0 Å². The van der Waals surface area contributed by atoms with E-state index in [1.165, 1.54) is 6.20 Å². The molecule has 1 aromatic heterocycles. The standard InChI is InChI=1S/C13H19N5O3/c1-10-7-12(15-8-11(10)18(20)21)16(2)9-13(19)17-5-3-14-4-6-17/h7-8,14H,3-6,9H2,1-2H3. The van der Waals surface area contributed by atoms with Crippen molar-refractivity contribution in [3.05, 3.63) is 27.9 Å². The first-order valence-corrected chi connectivity index (χ1v) is 6.79. The van der Waals surface area contributed by atoms with Crippen LogP contribution in [0.5, 0.6) is 0 Å². The van der Waals surface area contributed by atoms with Crippen molar-refractivity contribution in [2.24, 2.45) is 0 Å². The molecule has 2 rings (SSSR count). The molecule has 0 unspecified atom stereocenters. The van der Waals surface area contributed by atoms with E-state index in [4.69, 9.17) is 0 Å². The molecule has 1 saturated heterocycles. The van der Waals surface area contributed by atoms with Crippen LogP contribution >= 0.6 is 0 Å². The molecule has 2 heterocycles. The molecule has 1 aliphatic rings. The lowest BCUT2D eigenvalue weighted by Crippen LogP contribution is -2.49. The van der Waals surface area contributed by atoms with Crippen LogP contribution in [0.25, 0.3) is 0 Å². The maximum atomic E-state index is 12.2. The molecule has 0 radical (unpaired) electrons. The maximum absolute atomic E-state index is 12.2. The van der Waals surface area contributed by atoms with Gasteiger partial charge in [0.1, 0.15) is 12.0 Å². The fraction of sp³-hybridized carbons (Fsp3) is 0.538. The fourth-order valence-electron chi connectivity index (χ4n) is 2.23. The van der Waals surface area contributed by atoms with E-state index < -0.39 is 4.92 Å². The van der Waals surface area contributed by atoms with Gasteiger partial charge in [0.15, 0.2) is 0 Å². The van der Waals surface area contributed by atoms with Crippen LogP contribution in [0.15, 0.2) is 12.3 Å². The van der Waals surface area contributed by atoms with Crippen LogP contribution in [0, 0.1) is 17.0 Å². The van der Waals surface area contributed by atoms with Crippen molar-refractivity contribution in [3.8, 4) is 0 Å². The van der Waals surface area contributed by atoms with Crippen molar-refractivity contribution in [3.63, 3.8) is 0 Å². The number of piperazine rings is 1. The Kier molecular flexibility index (Phi) is 4.69. The number of hydrogen-bond donors (Lipinski definition) is 1. The molecule has 1 fully saturated rings. The van der Waals surface area contributed by atoms with E-state index in [-0.39, 0.29) is 18.1 Å². The number of pyridine rings is 1. The predicted octanol–water partition coefficient (Wildman–Crippen LogP) is 0.166. The molecular formula is C13H19N5O3. The number of nitro groups is 1. The summed E-state index contributed by atoms with van der Waals surface area (Å²) in [6, 6.07) is 1.63. The van der Waals surface area contributed by atoms with Gasteiger partial charge in [-0.05, 0) is 13.0 Å². The zero-order valence-electron chi connectivity index (χ0n) is 12.2. The van der Waals surface area contributed by atoms with Crippen molar-refractivity contribution >= 4 is 17.4 Å². The summed E-state index contributed by atoms with van der Waals surface area (Å²) < 4.78 is 0. The van der Waals surface area contributed by atoms with Crippen LogP contribution in [0.2, 0.25) is 0 Å². The van der Waals surface area contributed by atoms with Gasteiger partial charge in [0.25, 0.3) is 5.69 Å². The third-order valence-corrected chi connectivity index (χ3v) is 3.50. The molecule has 8 nitrogen and oxygen atoms in total. The Morgan fingerprint density at radius 3 is 2.76 bits per heavy atom. The minimum absolute atomic E-state index is 0.0134. The van der Waals surface area contributed by atoms with Crippen LogP contribution in [-0.2, 0) is 4.79 Å². The normalized spacial score (nSPS) is 14.9. The first kappa shape index (κ1) is 15.2. The lowest BCUT2D eigenvalue weighted by molar-refractivity contribution is -0.385. The average Bonchev–Trinajstić information content (AvgIpc) is 2.47. The maximum Gasteiger partial charge on any atom is 0.290 e. The van der Waals surface area contributed by atoms with E-state index in [1.54, 1.807) is 24.9 Å². The summed E-state index contributed by atoms with van der Waals surface area (Å²) in [6.07, 6.45) is 1.23. The Balaban J connectivity index is 2.02. The minimum Gasteiger partial charge on any atom is -0.350 e. The van der Waals surface area contributed by atoms with Crippen LogP contribution in [0.1, 0.15) is 5.56 Å². The average molecular weight is 293 g/mol. The van der Waals surface area contributed by atoms with Crippen LogP contribution in [0.3, 0.4) is 0 Å². The molecule has 0 aliphatic carbocycles. The van der Waals surface area contributed by atoms with E-state index in [1.807, 2.05) is 4.90 Å². The van der Waals surface area contributed by atoms with E-state index in [0.717, 1.165) is 13.1 Å². The van der Waals surface area contributed by atoms with Crippen LogP contribution < -0.4 is 10.2 Å². The third-order valence-electron chi connectivity index (χ3n) is 3.50. The predicted molar refractivity (Wildman–Crippen MR) is 78.3 cm³/mol. The molecule has 21 heavy (non-hydrogen) atoms. The van der Waals surface area contributed by atoms with Gasteiger partial charge in [-0.3, -0.25) is 14.9 Å². The molecule has 1 aromatic rings. The molecule has 114 valence electrons. The van der Waals surface area contributed by atoms with Crippen molar-refractivity contribution in [2.45, 2.75) is 6.92 Å². The highest BCUT2D eigenvalue weighted by Gasteiger charge is 2.19. The second-order valence-corrected chi connectivity index (χ2v) is 5.07. The Hall–Kier alpha value is -2.22. The highest BCUT2D eigenvalue weighted by molar-refractivity contribution is 5.81. The summed E-state index contributed by atoms with van der Waals surface area (Å²) in [5.41, 5.74) is 0.520. The van der Waals surface area contributed by atoms with Crippen LogP contribution in [-0.4, -0.2) is 60.5 Å². The van der Waals surface area contributed by atoms with Gasteiger partial charge in [-0.1, -0.05) is 0 Å². The number of aromatic nitrogens is 1. The lowest BCUT2D eigenvalue weighted by atomic mass is 10.2. The molecule has 0 bridgehead atoms. The van der Waals surface area contributed by atoms with Crippen molar-refractivity contribution in [1.82, 2.24) is 15.2 Å². The Morgan fingerprint density at radius 1 is 1.52 bits per heavy atom. The van der Waals surface area contributed by atoms with Crippen LogP contribution in [0.4, 0.5) is 11.5 Å². The summed E-state index contributed by atoms with van der Waals surface area (Å²) in [6.45, 7) is 4.91. The van der Waals surface area contributed by atoms with Gasteiger partial charge in [-0.15, -0.1) is 0 Å². The topological polar surface area (TPSA) is 91.6 Å². The number of likely N-dealkylation sites (N-methyl/N-ethyl adjacent to an activating group) is 1. The van der Waals surface area contributed by atoms with Gasteiger partial charge >= 0.3 is 0 Å². The summed E-state index contributed by atoms with van der Waals surface area (Å²) in [4.78, 5) is 30.1. The molecular weight excluding hydrogens is 274 g/mol. The number of aryl methyl sites for hydroxylation is 1. The third kappa shape index (κ3) is 3.66. The SMILES string of the molecule is Cc1cc(N(C)CC(=O)N2CCNCC2)ncc1[N+](=O)[O-]. The number of rotatable bonds is 4. The minimum atomic E-state index is -0.460. The first-order chi connectivity index (χ1) is 9.99. The van der Waals surface area contributed by atoms with E-state index >= 15 is 0 Å². The zero-order valence-corrected chi connectivity index (χ0v) is 12.2. The fourth-order valence-corrected chi connectivity index (χ4v) is 2.23. The summed E-state index contributed by atoms with van der Waals surface area (Å²) in [5.74, 6) is 0.596. The Bertz CT molecular complexity index is 543. The number of hydrogen-bond acceptors (Lipinski definition) is 6. The highest BCUT2D eigenvalue weighted by atomic mass is 16.6. The summed E-state index contributed by atoms with van der Waals surface area (Å²) in [7, 11) is 1.76. The molecule has 0 atom stereocenters. The number of nitrogens with one attached hydrogen (secondary N) is 1. The Labute approximate surface area is 122 Å². The van der Waals surface area contributed by atoms with E-state index in [2.05, 4.69) is 10.3 Å². The summed E-state index contributed by atoms with van der Waals surface area (Å²) >= 11 is 0. The molecule has 1 aliphatic heterocycles. The van der Waals surface area contributed by atoms with Gasteiger partial charge in [-0.25, -0.2) is 4.98 Å². The van der Waals surface area contributed by atoms with Gasteiger partial charge in [0.2, 0.25) is 5.91 Å². The van der Waals surface area contributed by atoms with Crippen molar-refractivity contribution in [2.75, 3.05) is 44.7 Å². The quantitative estimate of drug-likeness (QED) is 0.628.